The number of carbonyl (C=O) groups is 3. The van der Waals surface area contributed by atoms with E-state index in [9.17, 15) is 14.4 Å². The van der Waals surface area contributed by atoms with E-state index >= 15 is 0 Å². The van der Waals surface area contributed by atoms with Crippen molar-refractivity contribution in [2.24, 2.45) is 0 Å². The van der Waals surface area contributed by atoms with Gasteiger partial charge in [-0.1, -0.05) is 31.9 Å². The molecular formula is C19H25NO4. The summed E-state index contributed by atoms with van der Waals surface area (Å²) >= 11 is 0. The summed E-state index contributed by atoms with van der Waals surface area (Å²) in [4.78, 5) is 38.3. The summed E-state index contributed by atoms with van der Waals surface area (Å²) in [7, 11) is 0. The number of likely N-dealkylation sites (tertiary alicyclic amines) is 1. The summed E-state index contributed by atoms with van der Waals surface area (Å²) < 4.78 is 4.95. The van der Waals surface area contributed by atoms with Gasteiger partial charge in [-0.25, -0.2) is 4.79 Å². The molecule has 1 saturated heterocycles. The van der Waals surface area contributed by atoms with Gasteiger partial charge in [-0.05, 0) is 31.9 Å². The highest BCUT2D eigenvalue weighted by Gasteiger charge is 2.32. The van der Waals surface area contributed by atoms with Crippen LogP contribution in [0.25, 0.3) is 0 Å². The van der Waals surface area contributed by atoms with Gasteiger partial charge in [-0.15, -0.1) is 0 Å². The fourth-order valence-corrected chi connectivity index (χ4v) is 3.00. The number of amides is 1. The van der Waals surface area contributed by atoms with Gasteiger partial charge in [0.25, 0.3) is 0 Å². The zero-order valence-electron chi connectivity index (χ0n) is 14.4. The van der Waals surface area contributed by atoms with Gasteiger partial charge in [0.05, 0.1) is 18.2 Å². The molecule has 1 aliphatic rings. The molecule has 0 aromatic heterocycles. The number of benzene rings is 1. The molecule has 0 saturated carbocycles. The van der Waals surface area contributed by atoms with Gasteiger partial charge in [0.15, 0.2) is 5.78 Å². The van der Waals surface area contributed by atoms with Gasteiger partial charge in [0, 0.05) is 18.5 Å². The van der Waals surface area contributed by atoms with E-state index in [1.54, 1.807) is 36.1 Å². The zero-order valence-corrected chi connectivity index (χ0v) is 14.4. The number of unbranched alkanes of at least 4 members (excludes halogenated alkanes) is 1. The van der Waals surface area contributed by atoms with Crippen molar-refractivity contribution in [3.8, 4) is 0 Å². The van der Waals surface area contributed by atoms with Gasteiger partial charge in [-0.3, -0.25) is 9.59 Å². The smallest absolute Gasteiger partial charge is 0.338 e. The van der Waals surface area contributed by atoms with Crippen molar-refractivity contribution in [3.05, 3.63) is 35.4 Å². The Hall–Kier alpha value is -2.17. The molecule has 1 unspecified atom stereocenters. The summed E-state index contributed by atoms with van der Waals surface area (Å²) in [5, 5.41) is 0. The van der Waals surface area contributed by atoms with Crippen LogP contribution in [0.15, 0.2) is 24.3 Å². The molecular weight excluding hydrogens is 306 g/mol. The van der Waals surface area contributed by atoms with E-state index in [1.165, 1.54) is 0 Å². The number of carbonyl (C=O) groups excluding carboxylic acids is 3. The third-order valence-electron chi connectivity index (χ3n) is 4.30. The van der Waals surface area contributed by atoms with Gasteiger partial charge in [0.2, 0.25) is 5.91 Å². The predicted molar refractivity (Wildman–Crippen MR) is 91.0 cm³/mol. The molecule has 0 spiro atoms. The average molecular weight is 331 g/mol. The molecule has 1 amide bonds. The topological polar surface area (TPSA) is 63.7 Å². The molecule has 1 aliphatic heterocycles. The molecule has 1 fully saturated rings. The van der Waals surface area contributed by atoms with Crippen molar-refractivity contribution in [2.45, 2.75) is 52.0 Å². The summed E-state index contributed by atoms with van der Waals surface area (Å²) in [6.07, 6.45) is 3.91. The van der Waals surface area contributed by atoms with E-state index in [4.69, 9.17) is 4.74 Å². The second-order valence-corrected chi connectivity index (χ2v) is 6.01. The Morgan fingerprint density at radius 3 is 2.38 bits per heavy atom. The lowest BCUT2D eigenvalue weighted by Gasteiger charge is -2.26. The maximum atomic E-state index is 12.9. The zero-order chi connectivity index (χ0) is 17.5. The third kappa shape index (κ3) is 4.22. The van der Waals surface area contributed by atoms with Gasteiger partial charge < -0.3 is 9.64 Å². The predicted octanol–water partition coefficient (Wildman–Crippen LogP) is 3.23. The van der Waals surface area contributed by atoms with E-state index in [0.717, 1.165) is 19.3 Å². The van der Waals surface area contributed by atoms with Crippen LogP contribution >= 0.6 is 0 Å². The van der Waals surface area contributed by atoms with Gasteiger partial charge >= 0.3 is 5.97 Å². The van der Waals surface area contributed by atoms with Crippen LogP contribution in [0.3, 0.4) is 0 Å². The minimum Gasteiger partial charge on any atom is -0.462 e. The molecule has 0 aliphatic carbocycles. The number of Topliss-reactive ketones (excluding diaryl/α,β-unsaturated/α-hetero) is 1. The highest BCUT2D eigenvalue weighted by Crippen LogP contribution is 2.21. The molecule has 0 radical (unpaired) electrons. The van der Waals surface area contributed by atoms with Crippen LogP contribution in [0.5, 0.6) is 0 Å². The van der Waals surface area contributed by atoms with E-state index in [1.807, 2.05) is 0 Å². The second kappa shape index (κ2) is 8.62. The summed E-state index contributed by atoms with van der Waals surface area (Å²) in [5.74, 6) is -0.379. The van der Waals surface area contributed by atoms with Crippen LogP contribution < -0.4 is 0 Å². The first-order valence-corrected chi connectivity index (χ1v) is 8.69. The molecule has 1 atom stereocenters. The molecule has 1 aromatic rings. The number of esters is 1. The minimum atomic E-state index is -0.395. The van der Waals surface area contributed by atoms with E-state index in [2.05, 4.69) is 6.92 Å². The van der Waals surface area contributed by atoms with Crippen LogP contribution in [-0.2, 0) is 9.53 Å². The number of nitrogens with zero attached hydrogens (tertiary/aromatic N) is 1. The molecule has 5 heteroatoms. The summed E-state index contributed by atoms with van der Waals surface area (Å²) in [6.45, 7) is 4.79. The molecule has 0 bridgehead atoms. The van der Waals surface area contributed by atoms with Crippen LogP contribution in [0, 0.1) is 0 Å². The maximum absolute atomic E-state index is 12.9. The van der Waals surface area contributed by atoms with Crippen LogP contribution in [0.1, 0.15) is 66.7 Å². The van der Waals surface area contributed by atoms with E-state index < -0.39 is 12.0 Å². The van der Waals surface area contributed by atoms with Crippen molar-refractivity contribution in [1.29, 1.82) is 0 Å². The number of hydrogen-bond acceptors (Lipinski definition) is 4. The lowest BCUT2D eigenvalue weighted by atomic mass is 9.97. The standard InChI is InChI=1S/C19H25NO4/c1-3-5-7-16(20-13-6-8-17(20)21)18(22)14-9-11-15(12-10-14)19(23)24-4-2/h9-12,16H,3-8,13H2,1-2H3. The third-order valence-corrected chi connectivity index (χ3v) is 4.30. The lowest BCUT2D eigenvalue weighted by Crippen LogP contribution is -2.42. The monoisotopic (exact) mass is 331 g/mol. The van der Waals surface area contributed by atoms with E-state index in [0.29, 0.717) is 37.1 Å². The first-order valence-electron chi connectivity index (χ1n) is 8.69. The largest absolute Gasteiger partial charge is 0.462 e. The molecule has 1 aromatic carbocycles. The highest BCUT2D eigenvalue weighted by atomic mass is 16.5. The van der Waals surface area contributed by atoms with Crippen molar-refractivity contribution in [3.63, 3.8) is 0 Å². The summed E-state index contributed by atoms with van der Waals surface area (Å²) in [6, 6.07) is 6.11. The lowest BCUT2D eigenvalue weighted by molar-refractivity contribution is -0.129. The molecule has 1 heterocycles. The van der Waals surface area contributed by atoms with Gasteiger partial charge in [-0.2, -0.15) is 0 Å². The Bertz CT molecular complexity index is 594. The highest BCUT2D eigenvalue weighted by molar-refractivity contribution is 6.02. The quantitative estimate of drug-likeness (QED) is 0.542. The van der Waals surface area contributed by atoms with Crippen molar-refractivity contribution in [2.75, 3.05) is 13.2 Å². The molecule has 130 valence electrons. The average Bonchev–Trinajstić information content (AvgIpc) is 3.01. The van der Waals surface area contributed by atoms with Crippen molar-refractivity contribution in [1.82, 2.24) is 4.90 Å². The SMILES string of the molecule is CCCCC(C(=O)c1ccc(C(=O)OCC)cc1)N1CCCC1=O. The molecule has 2 rings (SSSR count). The Labute approximate surface area is 143 Å². The second-order valence-electron chi connectivity index (χ2n) is 6.01. The molecule has 0 N–H and O–H groups in total. The fourth-order valence-electron chi connectivity index (χ4n) is 3.00. The minimum absolute atomic E-state index is 0.0471. The number of hydrogen-bond donors (Lipinski definition) is 0. The van der Waals surface area contributed by atoms with Crippen LogP contribution in [-0.4, -0.2) is 41.8 Å². The van der Waals surface area contributed by atoms with Crippen molar-refractivity contribution < 1.29 is 19.1 Å². The number of ketones is 1. The van der Waals surface area contributed by atoms with Gasteiger partial charge in [0.1, 0.15) is 0 Å². The summed E-state index contributed by atoms with van der Waals surface area (Å²) in [5.41, 5.74) is 0.958. The Kier molecular flexibility index (Phi) is 6.53. The normalized spacial score (nSPS) is 15.4. The first kappa shape index (κ1) is 18.2. The van der Waals surface area contributed by atoms with Crippen LogP contribution in [0.2, 0.25) is 0 Å². The van der Waals surface area contributed by atoms with E-state index in [-0.39, 0.29) is 11.7 Å². The number of ether oxygens (including phenoxy) is 1. The Morgan fingerprint density at radius 1 is 1.17 bits per heavy atom. The van der Waals surface area contributed by atoms with Crippen LogP contribution in [0.4, 0.5) is 0 Å². The Morgan fingerprint density at radius 2 is 1.83 bits per heavy atom. The first-order chi connectivity index (χ1) is 11.6. The maximum Gasteiger partial charge on any atom is 0.338 e. The molecule has 24 heavy (non-hydrogen) atoms. The molecule has 5 nitrogen and oxygen atoms in total. The number of rotatable bonds is 8. The fraction of sp³-hybridized carbons (Fsp3) is 0.526. The Balaban J connectivity index is 2.16. The van der Waals surface area contributed by atoms with Crippen molar-refractivity contribution >= 4 is 17.7 Å².